The lowest BCUT2D eigenvalue weighted by molar-refractivity contribution is -0.112. The van der Waals surface area contributed by atoms with Gasteiger partial charge in [0.1, 0.15) is 36.4 Å². The second-order valence-electron chi connectivity index (χ2n) is 8.39. The Balaban J connectivity index is 1.35. The van der Waals surface area contributed by atoms with Crippen molar-refractivity contribution < 1.29 is 14.3 Å². The lowest BCUT2D eigenvalue weighted by Gasteiger charge is -2.10. The largest absolute Gasteiger partial charge is 0.489 e. The maximum absolute atomic E-state index is 12.7. The average Bonchev–Trinajstić information content (AvgIpc) is 2.92. The number of carbonyl (C=O) groups is 1. The van der Waals surface area contributed by atoms with Crippen LogP contribution in [0.4, 0.5) is 5.69 Å². The Labute approximate surface area is 225 Å². The number of nitriles is 1. The van der Waals surface area contributed by atoms with Gasteiger partial charge in [0.25, 0.3) is 5.91 Å². The molecule has 4 aromatic rings. The molecule has 0 fully saturated rings. The number of ether oxygens (including phenoxy) is 2. The Hall–Kier alpha value is -4.34. The zero-order valence-electron chi connectivity index (χ0n) is 20.3. The van der Waals surface area contributed by atoms with Gasteiger partial charge in [-0.05, 0) is 82.0 Å². The minimum Gasteiger partial charge on any atom is -0.489 e. The summed E-state index contributed by atoms with van der Waals surface area (Å²) >= 11 is 3.51. The summed E-state index contributed by atoms with van der Waals surface area (Å²) in [5.74, 6) is 0.874. The number of hydrogen-bond acceptors (Lipinski definition) is 4. The highest BCUT2D eigenvalue weighted by Gasteiger charge is 2.11. The summed E-state index contributed by atoms with van der Waals surface area (Å²) in [5.41, 5.74) is 4.60. The van der Waals surface area contributed by atoms with Crippen LogP contribution in [0.5, 0.6) is 11.5 Å². The highest BCUT2D eigenvalue weighted by molar-refractivity contribution is 9.10. The van der Waals surface area contributed by atoms with Crippen LogP contribution in [0.2, 0.25) is 0 Å². The predicted molar refractivity (Wildman–Crippen MR) is 149 cm³/mol. The summed E-state index contributed by atoms with van der Waals surface area (Å²) in [4.78, 5) is 12.7. The van der Waals surface area contributed by atoms with Gasteiger partial charge in [0.05, 0.1) is 4.47 Å². The highest BCUT2D eigenvalue weighted by atomic mass is 79.9. The first-order chi connectivity index (χ1) is 18.0. The Bertz CT molecular complexity index is 1420. The number of halogens is 1. The molecule has 4 rings (SSSR count). The van der Waals surface area contributed by atoms with Gasteiger partial charge in [-0.25, -0.2) is 0 Å². The minimum atomic E-state index is -0.489. The first-order valence-electron chi connectivity index (χ1n) is 11.7. The van der Waals surface area contributed by atoms with E-state index in [1.54, 1.807) is 42.5 Å². The molecule has 1 amide bonds. The first kappa shape index (κ1) is 25.7. The van der Waals surface area contributed by atoms with Gasteiger partial charge in [-0.3, -0.25) is 4.79 Å². The average molecular weight is 553 g/mol. The van der Waals surface area contributed by atoms with Gasteiger partial charge in [0, 0.05) is 5.69 Å². The van der Waals surface area contributed by atoms with E-state index in [-0.39, 0.29) is 5.57 Å². The quantitative estimate of drug-likeness (QED) is 0.173. The van der Waals surface area contributed by atoms with E-state index >= 15 is 0 Å². The molecule has 37 heavy (non-hydrogen) atoms. The van der Waals surface area contributed by atoms with Gasteiger partial charge in [-0.15, -0.1) is 0 Å². The van der Waals surface area contributed by atoms with Crippen molar-refractivity contribution in [3.05, 3.63) is 129 Å². The normalized spacial score (nSPS) is 10.9. The van der Waals surface area contributed by atoms with E-state index in [1.165, 1.54) is 5.56 Å². The molecule has 1 N–H and O–H groups in total. The summed E-state index contributed by atoms with van der Waals surface area (Å²) in [6, 6.07) is 32.5. The second kappa shape index (κ2) is 12.6. The summed E-state index contributed by atoms with van der Waals surface area (Å²) < 4.78 is 12.4. The third-order valence-corrected chi connectivity index (χ3v) is 6.13. The van der Waals surface area contributed by atoms with Gasteiger partial charge in [-0.1, -0.05) is 66.2 Å². The third kappa shape index (κ3) is 7.57. The summed E-state index contributed by atoms with van der Waals surface area (Å²) in [7, 11) is 0. The van der Waals surface area contributed by atoms with Gasteiger partial charge >= 0.3 is 0 Å². The van der Waals surface area contributed by atoms with Crippen LogP contribution in [0.15, 0.2) is 107 Å². The van der Waals surface area contributed by atoms with E-state index in [0.717, 1.165) is 15.6 Å². The van der Waals surface area contributed by atoms with Crippen molar-refractivity contribution in [3.63, 3.8) is 0 Å². The maximum Gasteiger partial charge on any atom is 0.266 e. The minimum absolute atomic E-state index is 0.00967. The molecule has 0 aliphatic rings. The fraction of sp³-hybridized carbons (Fsp3) is 0.0968. The van der Waals surface area contributed by atoms with Crippen LogP contribution in [-0.4, -0.2) is 5.91 Å². The first-order valence-corrected chi connectivity index (χ1v) is 12.5. The number of nitrogens with zero attached hydrogens (tertiary/aromatic N) is 1. The number of benzene rings is 4. The third-order valence-electron chi connectivity index (χ3n) is 5.51. The van der Waals surface area contributed by atoms with Gasteiger partial charge in [-0.2, -0.15) is 5.26 Å². The molecule has 0 aromatic heterocycles. The molecular weight excluding hydrogens is 528 g/mol. The second-order valence-corrected chi connectivity index (χ2v) is 9.24. The Morgan fingerprint density at radius 3 is 2.24 bits per heavy atom. The topological polar surface area (TPSA) is 71.3 Å². The molecule has 0 saturated carbocycles. The lowest BCUT2D eigenvalue weighted by Crippen LogP contribution is -2.13. The molecule has 6 heteroatoms. The molecule has 0 radical (unpaired) electrons. The molecule has 0 bridgehead atoms. The van der Waals surface area contributed by atoms with Crippen LogP contribution in [0.25, 0.3) is 6.08 Å². The summed E-state index contributed by atoms with van der Waals surface area (Å²) in [6.45, 7) is 2.94. The fourth-order valence-electron chi connectivity index (χ4n) is 3.46. The van der Waals surface area contributed by atoms with Gasteiger partial charge in [0.15, 0.2) is 0 Å². The zero-order valence-corrected chi connectivity index (χ0v) is 21.9. The lowest BCUT2D eigenvalue weighted by atomic mass is 10.1. The molecular formula is C31H25BrN2O3. The number of amides is 1. The highest BCUT2D eigenvalue weighted by Crippen LogP contribution is 2.28. The van der Waals surface area contributed by atoms with Gasteiger partial charge < -0.3 is 14.8 Å². The smallest absolute Gasteiger partial charge is 0.266 e. The Morgan fingerprint density at radius 2 is 1.57 bits per heavy atom. The standard InChI is InChI=1S/C31H25BrN2O3/c1-22-7-9-24(10-8-22)20-36-28-14-12-27(13-15-28)34-31(35)26(19-33)17-25-11-16-30(29(32)18-25)37-21-23-5-3-2-4-6-23/h2-18H,20-21H2,1H3,(H,34,35)/b26-17+. The van der Waals surface area contributed by atoms with E-state index in [2.05, 4.69) is 21.2 Å². The molecule has 0 atom stereocenters. The van der Waals surface area contributed by atoms with Crippen molar-refractivity contribution in [1.29, 1.82) is 5.26 Å². The molecule has 4 aromatic carbocycles. The molecule has 0 saturated heterocycles. The zero-order chi connectivity index (χ0) is 26.0. The Kier molecular flexibility index (Phi) is 8.75. The van der Waals surface area contributed by atoms with Crippen molar-refractivity contribution in [2.75, 3.05) is 5.32 Å². The van der Waals surface area contributed by atoms with Crippen LogP contribution in [0.3, 0.4) is 0 Å². The SMILES string of the molecule is Cc1ccc(COc2ccc(NC(=O)/C(C#N)=C/c3ccc(OCc4ccccc4)c(Br)c3)cc2)cc1. The molecule has 0 aliphatic carbocycles. The van der Waals surface area contributed by atoms with E-state index in [0.29, 0.717) is 36.0 Å². The van der Waals surface area contributed by atoms with Crippen molar-refractivity contribution in [1.82, 2.24) is 0 Å². The van der Waals surface area contributed by atoms with Crippen LogP contribution in [0.1, 0.15) is 22.3 Å². The number of aryl methyl sites for hydroxylation is 1. The van der Waals surface area contributed by atoms with Crippen molar-refractivity contribution in [2.24, 2.45) is 0 Å². The fourth-order valence-corrected chi connectivity index (χ4v) is 3.97. The molecule has 0 heterocycles. The van der Waals surface area contributed by atoms with E-state index in [9.17, 15) is 10.1 Å². The van der Waals surface area contributed by atoms with Crippen LogP contribution >= 0.6 is 15.9 Å². The monoisotopic (exact) mass is 552 g/mol. The molecule has 0 aliphatic heterocycles. The number of nitrogens with one attached hydrogen (secondary N) is 1. The number of carbonyl (C=O) groups excluding carboxylic acids is 1. The van der Waals surface area contributed by atoms with Crippen LogP contribution in [-0.2, 0) is 18.0 Å². The van der Waals surface area contributed by atoms with Crippen molar-refractivity contribution >= 4 is 33.6 Å². The summed E-state index contributed by atoms with van der Waals surface area (Å²) in [5, 5.41) is 12.3. The maximum atomic E-state index is 12.7. The van der Waals surface area contributed by atoms with Crippen LogP contribution < -0.4 is 14.8 Å². The number of hydrogen-bond donors (Lipinski definition) is 1. The van der Waals surface area contributed by atoms with Crippen LogP contribution in [0, 0.1) is 18.3 Å². The summed E-state index contributed by atoms with van der Waals surface area (Å²) in [6.07, 6.45) is 1.54. The predicted octanol–water partition coefficient (Wildman–Crippen LogP) is 7.46. The number of rotatable bonds is 9. The van der Waals surface area contributed by atoms with E-state index in [1.807, 2.05) is 73.7 Å². The van der Waals surface area contributed by atoms with E-state index < -0.39 is 5.91 Å². The molecule has 5 nitrogen and oxygen atoms in total. The van der Waals surface area contributed by atoms with Crippen molar-refractivity contribution in [2.45, 2.75) is 20.1 Å². The van der Waals surface area contributed by atoms with Gasteiger partial charge in [0.2, 0.25) is 0 Å². The van der Waals surface area contributed by atoms with E-state index in [4.69, 9.17) is 9.47 Å². The number of anilines is 1. The molecule has 184 valence electrons. The Morgan fingerprint density at radius 1 is 0.892 bits per heavy atom. The molecule has 0 spiro atoms. The van der Waals surface area contributed by atoms with Crippen molar-refractivity contribution in [3.8, 4) is 17.6 Å². The molecule has 0 unspecified atom stereocenters.